The van der Waals surface area contributed by atoms with Crippen molar-refractivity contribution >= 4 is 34.0 Å². The molecule has 1 amide bonds. The number of benzene rings is 1. The molecule has 1 aromatic rings. The molecule has 1 aromatic carbocycles. The van der Waals surface area contributed by atoms with Crippen molar-refractivity contribution < 1.29 is 13.2 Å². The number of carbonyl (C=O) groups excluding carboxylic acids is 1. The Morgan fingerprint density at radius 3 is 2.59 bits per heavy atom. The van der Waals surface area contributed by atoms with E-state index >= 15 is 0 Å². The fourth-order valence-corrected chi connectivity index (χ4v) is 5.37. The first-order valence-corrected chi connectivity index (χ1v) is 11.0. The summed E-state index contributed by atoms with van der Waals surface area (Å²) in [6.07, 6.45) is 7.70. The molecule has 0 spiro atoms. The van der Waals surface area contributed by atoms with Gasteiger partial charge in [0.1, 0.15) is 0 Å². The van der Waals surface area contributed by atoms with Crippen LogP contribution in [0.5, 0.6) is 0 Å². The van der Waals surface area contributed by atoms with Gasteiger partial charge in [-0.15, -0.1) is 12.4 Å². The van der Waals surface area contributed by atoms with Gasteiger partial charge in [0.15, 0.2) is 0 Å². The summed E-state index contributed by atoms with van der Waals surface area (Å²) < 4.78 is 27.4. The molecule has 8 heteroatoms. The second-order valence-electron chi connectivity index (χ2n) is 7.39. The number of sulfonamides is 1. The number of nitrogens with one attached hydrogen (secondary N) is 2. The predicted molar refractivity (Wildman–Crippen MR) is 110 cm³/mol. The van der Waals surface area contributed by atoms with E-state index in [1.54, 1.807) is 31.3 Å². The maximum Gasteiger partial charge on any atom is 0.243 e. The number of nitrogens with zero attached hydrogens (tertiary/aromatic N) is 1. The van der Waals surface area contributed by atoms with Gasteiger partial charge >= 0.3 is 0 Å². The van der Waals surface area contributed by atoms with Crippen LogP contribution in [0, 0.1) is 0 Å². The molecule has 0 aromatic heterocycles. The summed E-state index contributed by atoms with van der Waals surface area (Å²) in [6.45, 7) is 0.958. The average Bonchev–Trinajstić information content (AvgIpc) is 3.14. The molecular weight excluding hydrogens is 386 g/mol. The Morgan fingerprint density at radius 1 is 1.19 bits per heavy atom. The SMILES string of the molecule is CN(C1CCCCC1)S(=O)(=O)c1cccc(NC(=O)CC2CCCN2)c1.Cl. The number of halogens is 1. The van der Waals surface area contributed by atoms with Gasteiger partial charge in [-0.25, -0.2) is 8.42 Å². The quantitative estimate of drug-likeness (QED) is 0.748. The summed E-state index contributed by atoms with van der Waals surface area (Å²) in [4.78, 5) is 12.4. The van der Waals surface area contributed by atoms with Crippen LogP contribution < -0.4 is 10.6 Å². The van der Waals surface area contributed by atoms with Crippen molar-refractivity contribution in [3.8, 4) is 0 Å². The molecule has 1 unspecified atom stereocenters. The average molecular weight is 416 g/mol. The minimum atomic E-state index is -3.55. The van der Waals surface area contributed by atoms with Crippen LogP contribution in [-0.4, -0.2) is 44.3 Å². The molecule has 3 rings (SSSR count). The van der Waals surface area contributed by atoms with Crippen molar-refractivity contribution in [3.05, 3.63) is 24.3 Å². The molecule has 0 bridgehead atoms. The number of anilines is 1. The van der Waals surface area contributed by atoms with Gasteiger partial charge in [-0.05, 0) is 50.4 Å². The highest BCUT2D eigenvalue weighted by atomic mass is 35.5. The standard InChI is InChI=1S/C19H29N3O3S.ClH/c1-22(17-9-3-2-4-10-17)26(24,25)18-11-5-7-16(13-18)21-19(23)14-15-8-6-12-20-15;/h5,7,11,13,15,17,20H,2-4,6,8-10,12,14H2,1H3,(H,21,23);1H. The lowest BCUT2D eigenvalue weighted by molar-refractivity contribution is -0.116. The van der Waals surface area contributed by atoms with Gasteiger partial charge in [0.25, 0.3) is 0 Å². The fraction of sp³-hybridized carbons (Fsp3) is 0.632. The van der Waals surface area contributed by atoms with Crippen LogP contribution in [-0.2, 0) is 14.8 Å². The molecule has 1 heterocycles. The maximum atomic E-state index is 13.0. The van der Waals surface area contributed by atoms with E-state index < -0.39 is 10.0 Å². The lowest BCUT2D eigenvalue weighted by Gasteiger charge is -2.30. The number of amides is 1. The number of rotatable bonds is 6. The zero-order chi connectivity index (χ0) is 18.6. The van der Waals surface area contributed by atoms with Crippen LogP contribution in [0.25, 0.3) is 0 Å². The molecule has 1 aliphatic carbocycles. The molecule has 0 radical (unpaired) electrons. The van der Waals surface area contributed by atoms with E-state index in [9.17, 15) is 13.2 Å². The Bertz CT molecular complexity index is 729. The summed E-state index contributed by atoms with van der Waals surface area (Å²) in [5.41, 5.74) is 0.533. The van der Waals surface area contributed by atoms with Gasteiger partial charge in [0.2, 0.25) is 15.9 Å². The van der Waals surface area contributed by atoms with Crippen LogP contribution >= 0.6 is 12.4 Å². The Morgan fingerprint density at radius 2 is 1.93 bits per heavy atom. The maximum absolute atomic E-state index is 13.0. The minimum Gasteiger partial charge on any atom is -0.326 e. The highest BCUT2D eigenvalue weighted by molar-refractivity contribution is 7.89. The summed E-state index contributed by atoms with van der Waals surface area (Å²) in [5.74, 6) is -0.0837. The van der Waals surface area contributed by atoms with Crippen LogP contribution in [0.15, 0.2) is 29.2 Å². The third-order valence-corrected chi connectivity index (χ3v) is 7.38. The fourth-order valence-electron chi connectivity index (χ4n) is 3.91. The second kappa shape index (κ2) is 9.87. The highest BCUT2D eigenvalue weighted by Crippen LogP contribution is 2.27. The second-order valence-corrected chi connectivity index (χ2v) is 9.38. The van der Waals surface area contributed by atoms with Crippen molar-refractivity contribution in [1.82, 2.24) is 9.62 Å². The summed E-state index contributed by atoms with van der Waals surface area (Å²) in [7, 11) is -1.88. The summed E-state index contributed by atoms with van der Waals surface area (Å²) in [5, 5.41) is 6.13. The van der Waals surface area contributed by atoms with Gasteiger partial charge in [0, 0.05) is 31.2 Å². The summed E-state index contributed by atoms with van der Waals surface area (Å²) >= 11 is 0. The topological polar surface area (TPSA) is 78.5 Å². The normalized spacial score (nSPS) is 21.0. The summed E-state index contributed by atoms with van der Waals surface area (Å²) in [6, 6.07) is 6.88. The van der Waals surface area contributed by atoms with Crippen molar-refractivity contribution in [2.45, 2.75) is 68.3 Å². The Labute approximate surface area is 168 Å². The van der Waals surface area contributed by atoms with Crippen LogP contribution in [0.1, 0.15) is 51.4 Å². The number of carbonyl (C=O) groups is 1. The smallest absolute Gasteiger partial charge is 0.243 e. The van der Waals surface area contributed by atoms with E-state index in [4.69, 9.17) is 0 Å². The molecule has 2 fully saturated rings. The molecule has 1 aliphatic heterocycles. The molecule has 6 nitrogen and oxygen atoms in total. The Kier molecular flexibility index (Phi) is 8.09. The Hall–Kier alpha value is -1.15. The van der Waals surface area contributed by atoms with Crippen LogP contribution in [0.4, 0.5) is 5.69 Å². The first-order valence-electron chi connectivity index (χ1n) is 9.58. The van der Waals surface area contributed by atoms with E-state index in [0.717, 1.165) is 45.1 Å². The van der Waals surface area contributed by atoms with E-state index in [1.807, 2.05) is 0 Å². The van der Waals surface area contributed by atoms with Gasteiger partial charge < -0.3 is 10.6 Å². The molecule has 2 N–H and O–H groups in total. The van der Waals surface area contributed by atoms with Crippen LogP contribution in [0.3, 0.4) is 0 Å². The lowest BCUT2D eigenvalue weighted by Crippen LogP contribution is -2.38. The molecule has 1 saturated heterocycles. The van der Waals surface area contributed by atoms with Gasteiger partial charge in [0.05, 0.1) is 4.90 Å². The largest absolute Gasteiger partial charge is 0.326 e. The van der Waals surface area contributed by atoms with E-state index in [2.05, 4.69) is 10.6 Å². The van der Waals surface area contributed by atoms with Gasteiger partial charge in [-0.1, -0.05) is 25.3 Å². The van der Waals surface area contributed by atoms with E-state index in [-0.39, 0.29) is 35.3 Å². The monoisotopic (exact) mass is 415 g/mol. The number of hydrogen-bond acceptors (Lipinski definition) is 4. The first-order chi connectivity index (χ1) is 12.5. The lowest BCUT2D eigenvalue weighted by atomic mass is 9.96. The molecule has 2 aliphatic rings. The molecular formula is C19H30ClN3O3S. The van der Waals surface area contributed by atoms with Crippen molar-refractivity contribution in [2.75, 3.05) is 18.9 Å². The van der Waals surface area contributed by atoms with Crippen molar-refractivity contribution in [1.29, 1.82) is 0 Å². The van der Waals surface area contributed by atoms with E-state index in [0.29, 0.717) is 12.1 Å². The zero-order valence-corrected chi connectivity index (χ0v) is 17.4. The third kappa shape index (κ3) is 5.67. The zero-order valence-electron chi connectivity index (χ0n) is 15.8. The molecule has 1 saturated carbocycles. The first kappa shape index (κ1) is 22.1. The highest BCUT2D eigenvalue weighted by Gasteiger charge is 2.29. The minimum absolute atomic E-state index is 0. The van der Waals surface area contributed by atoms with Crippen LogP contribution in [0.2, 0.25) is 0 Å². The molecule has 1 atom stereocenters. The van der Waals surface area contributed by atoms with Gasteiger partial charge in [-0.3, -0.25) is 4.79 Å². The third-order valence-electron chi connectivity index (χ3n) is 5.48. The Balaban J connectivity index is 0.00000261. The van der Waals surface area contributed by atoms with Crippen molar-refractivity contribution in [3.63, 3.8) is 0 Å². The number of hydrogen-bond donors (Lipinski definition) is 2. The molecule has 27 heavy (non-hydrogen) atoms. The van der Waals surface area contributed by atoms with Gasteiger partial charge in [-0.2, -0.15) is 4.31 Å². The molecule has 152 valence electrons. The van der Waals surface area contributed by atoms with E-state index in [1.165, 1.54) is 10.7 Å². The predicted octanol–water partition coefficient (Wildman–Crippen LogP) is 3.14. The van der Waals surface area contributed by atoms with Crippen molar-refractivity contribution in [2.24, 2.45) is 0 Å².